The van der Waals surface area contributed by atoms with Crippen LogP contribution >= 0.6 is 0 Å². The molecule has 0 spiro atoms. The van der Waals surface area contributed by atoms with E-state index in [1.807, 2.05) is 4.90 Å². The van der Waals surface area contributed by atoms with Gasteiger partial charge >= 0.3 is 0 Å². The third-order valence-corrected chi connectivity index (χ3v) is 5.69. The number of rotatable bonds is 7. The molecular formula is C21H33N5O3. The van der Waals surface area contributed by atoms with Gasteiger partial charge < -0.3 is 20.7 Å². The van der Waals surface area contributed by atoms with Gasteiger partial charge in [0.25, 0.3) is 5.91 Å². The Balaban J connectivity index is 1.60. The average molecular weight is 404 g/mol. The second kappa shape index (κ2) is 10.0. The van der Waals surface area contributed by atoms with E-state index in [2.05, 4.69) is 29.1 Å². The average Bonchev–Trinajstić information content (AvgIpc) is 2.69. The Morgan fingerprint density at radius 2 is 1.93 bits per heavy atom. The Morgan fingerprint density at radius 3 is 2.55 bits per heavy atom. The second-order valence-electron chi connectivity index (χ2n) is 8.57. The number of hydrogen-bond donors (Lipinski definition) is 2. The van der Waals surface area contributed by atoms with Gasteiger partial charge in [0.15, 0.2) is 0 Å². The summed E-state index contributed by atoms with van der Waals surface area (Å²) < 4.78 is 5.39. The van der Waals surface area contributed by atoms with Gasteiger partial charge in [0.2, 0.25) is 5.91 Å². The normalized spacial score (nSPS) is 18.8. The number of nitrogens with zero attached hydrogens (tertiary/aromatic N) is 3. The van der Waals surface area contributed by atoms with Crippen LogP contribution < -0.4 is 11.1 Å². The van der Waals surface area contributed by atoms with Crippen LogP contribution in [0.3, 0.4) is 0 Å². The van der Waals surface area contributed by atoms with Crippen molar-refractivity contribution in [2.45, 2.75) is 58.4 Å². The van der Waals surface area contributed by atoms with E-state index in [0.29, 0.717) is 42.9 Å². The van der Waals surface area contributed by atoms with Gasteiger partial charge in [-0.25, -0.2) is 9.97 Å². The molecule has 2 saturated heterocycles. The van der Waals surface area contributed by atoms with Gasteiger partial charge in [-0.2, -0.15) is 0 Å². The van der Waals surface area contributed by atoms with Crippen molar-refractivity contribution in [1.29, 1.82) is 0 Å². The molecule has 0 atom stereocenters. The number of ether oxygens (including phenoxy) is 1. The van der Waals surface area contributed by atoms with Crippen LogP contribution in [0, 0.1) is 11.8 Å². The smallest absolute Gasteiger partial charge is 0.254 e. The molecule has 0 aromatic carbocycles. The Kier molecular flexibility index (Phi) is 7.41. The molecule has 0 saturated carbocycles. The molecule has 2 fully saturated rings. The number of carbonyl (C=O) groups excluding carboxylic acids is 2. The summed E-state index contributed by atoms with van der Waals surface area (Å²) in [5.41, 5.74) is 5.84. The first-order valence-electron chi connectivity index (χ1n) is 10.7. The fourth-order valence-corrected chi connectivity index (χ4v) is 3.97. The Bertz CT molecular complexity index is 710. The molecule has 29 heavy (non-hydrogen) atoms. The highest BCUT2D eigenvalue weighted by atomic mass is 16.5. The maximum Gasteiger partial charge on any atom is 0.254 e. The third kappa shape index (κ3) is 6.13. The largest absolute Gasteiger partial charge is 0.381 e. The molecule has 2 amide bonds. The lowest BCUT2D eigenvalue weighted by Crippen LogP contribution is -2.39. The van der Waals surface area contributed by atoms with Crippen LogP contribution in [-0.4, -0.2) is 59.0 Å². The first kappa shape index (κ1) is 21.5. The van der Waals surface area contributed by atoms with Gasteiger partial charge in [-0.05, 0) is 37.5 Å². The fourth-order valence-electron chi connectivity index (χ4n) is 3.97. The number of hydrogen-bond acceptors (Lipinski definition) is 6. The lowest BCUT2D eigenvalue weighted by Gasteiger charge is -2.32. The molecule has 0 radical (unpaired) electrons. The number of nitrogens with two attached hydrogens (primary N) is 1. The SMILES string of the molecule is CC(C)CC(=O)N1CCC(Cc2ncc(C(N)=O)c(NC3CCOCC3)n2)CC1. The van der Waals surface area contributed by atoms with E-state index in [1.54, 1.807) is 0 Å². The van der Waals surface area contributed by atoms with Crippen LogP contribution in [0.25, 0.3) is 0 Å². The summed E-state index contributed by atoms with van der Waals surface area (Å²) in [6.07, 6.45) is 6.55. The summed E-state index contributed by atoms with van der Waals surface area (Å²) in [6.45, 7) is 7.14. The lowest BCUT2D eigenvalue weighted by molar-refractivity contribution is -0.133. The fraction of sp³-hybridized carbons (Fsp3) is 0.714. The molecule has 8 nitrogen and oxygen atoms in total. The van der Waals surface area contributed by atoms with Crippen molar-refractivity contribution in [3.8, 4) is 0 Å². The maximum absolute atomic E-state index is 12.2. The number of likely N-dealkylation sites (tertiary alicyclic amines) is 1. The van der Waals surface area contributed by atoms with Gasteiger partial charge in [-0.1, -0.05) is 13.8 Å². The first-order chi connectivity index (χ1) is 13.9. The number of piperidine rings is 1. The highest BCUT2D eigenvalue weighted by Crippen LogP contribution is 2.23. The van der Waals surface area contributed by atoms with Gasteiger partial charge in [-0.3, -0.25) is 9.59 Å². The number of nitrogens with one attached hydrogen (secondary N) is 1. The predicted octanol–water partition coefficient (Wildman–Crippen LogP) is 1.99. The number of aromatic nitrogens is 2. The topological polar surface area (TPSA) is 110 Å². The van der Waals surface area contributed by atoms with E-state index in [-0.39, 0.29) is 11.9 Å². The van der Waals surface area contributed by atoms with Crippen molar-refractivity contribution in [3.05, 3.63) is 17.6 Å². The van der Waals surface area contributed by atoms with Crippen LogP contribution in [0.4, 0.5) is 5.82 Å². The molecule has 1 aromatic heterocycles. The molecule has 0 unspecified atom stereocenters. The minimum Gasteiger partial charge on any atom is -0.381 e. The van der Waals surface area contributed by atoms with Crippen molar-refractivity contribution in [2.75, 3.05) is 31.6 Å². The zero-order valence-corrected chi connectivity index (χ0v) is 17.5. The first-order valence-corrected chi connectivity index (χ1v) is 10.7. The summed E-state index contributed by atoms with van der Waals surface area (Å²) in [7, 11) is 0. The van der Waals surface area contributed by atoms with E-state index in [1.165, 1.54) is 6.20 Å². The molecule has 3 heterocycles. The molecule has 3 N–H and O–H groups in total. The van der Waals surface area contributed by atoms with Crippen molar-refractivity contribution in [2.24, 2.45) is 17.6 Å². The maximum atomic E-state index is 12.2. The minimum atomic E-state index is -0.525. The number of primary amides is 1. The molecule has 3 rings (SSSR count). The number of carbonyl (C=O) groups is 2. The van der Waals surface area contributed by atoms with Gasteiger partial charge in [-0.15, -0.1) is 0 Å². The monoisotopic (exact) mass is 403 g/mol. The van der Waals surface area contributed by atoms with E-state index in [4.69, 9.17) is 10.5 Å². The van der Waals surface area contributed by atoms with Gasteiger partial charge in [0.1, 0.15) is 11.6 Å². The van der Waals surface area contributed by atoms with Crippen LogP contribution in [0.15, 0.2) is 6.20 Å². The summed E-state index contributed by atoms with van der Waals surface area (Å²) in [5.74, 6) is 1.80. The molecule has 1 aromatic rings. The summed E-state index contributed by atoms with van der Waals surface area (Å²) in [5, 5.41) is 3.36. The highest BCUT2D eigenvalue weighted by molar-refractivity contribution is 5.97. The summed E-state index contributed by atoms with van der Waals surface area (Å²) in [4.78, 5) is 35.0. The lowest BCUT2D eigenvalue weighted by atomic mass is 9.92. The highest BCUT2D eigenvalue weighted by Gasteiger charge is 2.25. The zero-order chi connectivity index (χ0) is 20.8. The van der Waals surface area contributed by atoms with Crippen molar-refractivity contribution in [1.82, 2.24) is 14.9 Å². The molecule has 0 aliphatic carbocycles. The molecular weight excluding hydrogens is 370 g/mol. The molecule has 0 bridgehead atoms. The van der Waals surface area contributed by atoms with E-state index < -0.39 is 5.91 Å². The van der Waals surface area contributed by atoms with Crippen molar-refractivity contribution in [3.63, 3.8) is 0 Å². The Labute approximate surface area is 172 Å². The van der Waals surface area contributed by atoms with Crippen LogP contribution in [0.5, 0.6) is 0 Å². The quantitative estimate of drug-likeness (QED) is 0.720. The standard InChI is InChI=1S/C21H33N5O3/c1-14(2)11-19(27)26-7-3-15(4-8-26)12-18-23-13-17(20(22)28)21(25-18)24-16-5-9-29-10-6-16/h13-16H,3-12H2,1-2H3,(H2,22,28)(H,23,24,25). The van der Waals surface area contributed by atoms with Gasteiger partial charge in [0, 0.05) is 51.4 Å². The predicted molar refractivity (Wildman–Crippen MR) is 110 cm³/mol. The molecule has 2 aliphatic rings. The summed E-state index contributed by atoms with van der Waals surface area (Å²) >= 11 is 0. The van der Waals surface area contributed by atoms with E-state index in [0.717, 1.165) is 51.0 Å². The Hall–Kier alpha value is -2.22. The minimum absolute atomic E-state index is 0.222. The molecule has 160 valence electrons. The van der Waals surface area contributed by atoms with Gasteiger partial charge in [0.05, 0.1) is 5.56 Å². The number of anilines is 1. The Morgan fingerprint density at radius 1 is 1.24 bits per heavy atom. The zero-order valence-electron chi connectivity index (χ0n) is 17.5. The van der Waals surface area contributed by atoms with Crippen LogP contribution in [0.2, 0.25) is 0 Å². The van der Waals surface area contributed by atoms with Crippen molar-refractivity contribution >= 4 is 17.6 Å². The van der Waals surface area contributed by atoms with E-state index >= 15 is 0 Å². The molecule has 2 aliphatic heterocycles. The van der Waals surface area contributed by atoms with Crippen LogP contribution in [0.1, 0.15) is 62.1 Å². The second-order valence-corrected chi connectivity index (χ2v) is 8.57. The number of amides is 2. The van der Waals surface area contributed by atoms with Crippen molar-refractivity contribution < 1.29 is 14.3 Å². The summed E-state index contributed by atoms with van der Waals surface area (Å²) in [6, 6.07) is 0.222. The van der Waals surface area contributed by atoms with E-state index in [9.17, 15) is 9.59 Å². The third-order valence-electron chi connectivity index (χ3n) is 5.69. The van der Waals surface area contributed by atoms with Crippen LogP contribution in [-0.2, 0) is 16.0 Å². The molecule has 8 heteroatoms.